The van der Waals surface area contributed by atoms with Gasteiger partial charge < -0.3 is 9.15 Å². The molecule has 1 aromatic heterocycles. The third-order valence-electron chi connectivity index (χ3n) is 2.55. The Morgan fingerprint density at radius 2 is 2.00 bits per heavy atom. The van der Waals surface area contributed by atoms with E-state index in [4.69, 9.17) is 9.15 Å². The van der Waals surface area contributed by atoms with Gasteiger partial charge in [-0.05, 0) is 46.3 Å². The van der Waals surface area contributed by atoms with E-state index in [2.05, 4.69) is 26.8 Å². The van der Waals surface area contributed by atoms with Gasteiger partial charge in [0.1, 0.15) is 5.82 Å². The Morgan fingerprint density at radius 3 is 2.65 bits per heavy atom. The molecule has 2 N–H and O–H groups in total. The standard InChI is InChI=1S/C14H10BrFN2O5/c15-10-6-8(16)3-4-9(10)14(21)23-7-12(19)17-18-13(20)11-2-1-5-22-11/h1-6H,7H2,(H,17,19)(H,18,20). The molecule has 0 saturated carbocycles. The van der Waals surface area contributed by atoms with Crippen LogP contribution in [0, 0.1) is 5.82 Å². The number of esters is 1. The topological polar surface area (TPSA) is 97.6 Å². The molecule has 0 saturated heterocycles. The third kappa shape index (κ3) is 4.65. The van der Waals surface area contributed by atoms with Gasteiger partial charge in [-0.3, -0.25) is 20.4 Å². The predicted molar refractivity (Wildman–Crippen MR) is 78.7 cm³/mol. The number of halogens is 2. The Hall–Kier alpha value is -2.68. The van der Waals surface area contributed by atoms with E-state index in [1.807, 2.05) is 0 Å². The first kappa shape index (κ1) is 16.7. The molecule has 2 aromatic rings. The Bertz CT molecular complexity index is 733. The summed E-state index contributed by atoms with van der Waals surface area (Å²) in [6.45, 7) is -0.624. The molecule has 1 aromatic carbocycles. The number of hydrazine groups is 1. The molecule has 0 aliphatic rings. The molecule has 7 nitrogen and oxygen atoms in total. The van der Waals surface area contributed by atoms with Crippen LogP contribution in [0.3, 0.4) is 0 Å². The minimum Gasteiger partial charge on any atom is -0.459 e. The zero-order valence-electron chi connectivity index (χ0n) is 11.5. The van der Waals surface area contributed by atoms with Crippen LogP contribution in [-0.4, -0.2) is 24.4 Å². The largest absolute Gasteiger partial charge is 0.459 e. The second-order valence-electron chi connectivity index (χ2n) is 4.18. The van der Waals surface area contributed by atoms with Gasteiger partial charge in [-0.15, -0.1) is 0 Å². The highest BCUT2D eigenvalue weighted by atomic mass is 79.9. The monoisotopic (exact) mass is 384 g/mol. The molecule has 1 heterocycles. The fourth-order valence-electron chi connectivity index (χ4n) is 1.50. The van der Waals surface area contributed by atoms with Crippen LogP contribution in [0.4, 0.5) is 4.39 Å². The normalized spacial score (nSPS) is 10.0. The lowest BCUT2D eigenvalue weighted by Crippen LogP contribution is -2.43. The van der Waals surface area contributed by atoms with Crippen LogP contribution in [0.2, 0.25) is 0 Å². The molecule has 0 aliphatic heterocycles. The highest BCUT2D eigenvalue weighted by Crippen LogP contribution is 2.18. The molecule has 0 radical (unpaired) electrons. The summed E-state index contributed by atoms with van der Waals surface area (Å²) in [6, 6.07) is 6.33. The smallest absolute Gasteiger partial charge is 0.339 e. The van der Waals surface area contributed by atoms with E-state index in [9.17, 15) is 18.8 Å². The van der Waals surface area contributed by atoms with Crippen molar-refractivity contribution < 1.29 is 27.9 Å². The fourth-order valence-corrected chi connectivity index (χ4v) is 2.01. The summed E-state index contributed by atoms with van der Waals surface area (Å²) in [5.74, 6) is -2.74. The second-order valence-corrected chi connectivity index (χ2v) is 5.03. The van der Waals surface area contributed by atoms with Crippen molar-refractivity contribution in [2.75, 3.05) is 6.61 Å². The van der Waals surface area contributed by atoms with Crippen molar-refractivity contribution in [3.8, 4) is 0 Å². The van der Waals surface area contributed by atoms with Gasteiger partial charge in [-0.1, -0.05) is 0 Å². The summed E-state index contributed by atoms with van der Waals surface area (Å²) in [5.41, 5.74) is 4.21. The Morgan fingerprint density at radius 1 is 1.22 bits per heavy atom. The second kappa shape index (κ2) is 7.54. The van der Waals surface area contributed by atoms with E-state index in [1.165, 1.54) is 24.5 Å². The quantitative estimate of drug-likeness (QED) is 0.618. The minimum absolute atomic E-state index is 0.0116. The SMILES string of the molecule is O=C(COC(=O)c1ccc(F)cc1Br)NNC(=O)c1ccco1. The highest BCUT2D eigenvalue weighted by Gasteiger charge is 2.15. The first-order valence-corrected chi connectivity index (χ1v) is 7.01. The van der Waals surface area contributed by atoms with E-state index in [-0.39, 0.29) is 15.8 Å². The number of amides is 2. The summed E-state index contributed by atoms with van der Waals surface area (Å²) in [7, 11) is 0. The summed E-state index contributed by atoms with van der Waals surface area (Å²) >= 11 is 3.02. The number of benzene rings is 1. The average molecular weight is 385 g/mol. The molecule has 0 unspecified atom stereocenters. The number of hydrogen-bond acceptors (Lipinski definition) is 5. The molecule has 9 heteroatoms. The summed E-state index contributed by atoms with van der Waals surface area (Å²) < 4.78 is 22.7. The van der Waals surface area contributed by atoms with Crippen LogP contribution >= 0.6 is 15.9 Å². The van der Waals surface area contributed by atoms with Crippen molar-refractivity contribution in [1.82, 2.24) is 10.9 Å². The maximum atomic E-state index is 12.9. The van der Waals surface area contributed by atoms with Gasteiger partial charge in [0.25, 0.3) is 5.91 Å². The lowest BCUT2D eigenvalue weighted by atomic mass is 10.2. The van der Waals surface area contributed by atoms with Crippen LogP contribution in [0.15, 0.2) is 45.5 Å². The molecule has 0 spiro atoms. The van der Waals surface area contributed by atoms with Gasteiger partial charge in [0, 0.05) is 4.47 Å². The van der Waals surface area contributed by atoms with Crippen molar-refractivity contribution >= 4 is 33.7 Å². The zero-order valence-corrected chi connectivity index (χ0v) is 13.1. The lowest BCUT2D eigenvalue weighted by molar-refractivity contribution is -0.125. The average Bonchev–Trinajstić information content (AvgIpc) is 3.04. The molecule has 0 bridgehead atoms. The first-order chi connectivity index (χ1) is 11.0. The highest BCUT2D eigenvalue weighted by molar-refractivity contribution is 9.10. The molecular weight excluding hydrogens is 375 g/mol. The maximum absolute atomic E-state index is 12.9. The number of carbonyl (C=O) groups excluding carboxylic acids is 3. The van der Waals surface area contributed by atoms with Gasteiger partial charge in [0.15, 0.2) is 12.4 Å². The number of rotatable bonds is 4. The van der Waals surface area contributed by atoms with Gasteiger partial charge in [-0.2, -0.15) is 0 Å². The van der Waals surface area contributed by atoms with Gasteiger partial charge >= 0.3 is 11.9 Å². The number of ether oxygens (including phenoxy) is 1. The van der Waals surface area contributed by atoms with Crippen molar-refractivity contribution in [3.63, 3.8) is 0 Å². The predicted octanol–water partition coefficient (Wildman–Crippen LogP) is 1.80. The number of nitrogens with one attached hydrogen (secondary N) is 2. The molecule has 23 heavy (non-hydrogen) atoms. The molecule has 2 rings (SSSR count). The summed E-state index contributed by atoms with van der Waals surface area (Å²) in [6.07, 6.45) is 1.30. The number of hydrogen-bond donors (Lipinski definition) is 2. The number of furan rings is 1. The van der Waals surface area contributed by atoms with E-state index < -0.39 is 30.2 Å². The van der Waals surface area contributed by atoms with Crippen LogP contribution < -0.4 is 10.9 Å². The van der Waals surface area contributed by atoms with Crippen molar-refractivity contribution in [2.24, 2.45) is 0 Å². The van der Waals surface area contributed by atoms with Gasteiger partial charge in [-0.25, -0.2) is 9.18 Å². The van der Waals surface area contributed by atoms with E-state index in [1.54, 1.807) is 0 Å². The maximum Gasteiger partial charge on any atom is 0.339 e. The van der Waals surface area contributed by atoms with Crippen LogP contribution in [0.1, 0.15) is 20.9 Å². The van der Waals surface area contributed by atoms with Crippen molar-refractivity contribution in [3.05, 3.63) is 58.2 Å². The molecule has 2 amide bonds. The summed E-state index contributed by atoms with van der Waals surface area (Å²) in [4.78, 5) is 34.7. The number of carbonyl (C=O) groups is 3. The molecular formula is C14H10BrFN2O5. The Balaban J connectivity index is 1.80. The molecule has 0 aliphatic carbocycles. The van der Waals surface area contributed by atoms with Crippen LogP contribution in [0.25, 0.3) is 0 Å². The summed E-state index contributed by atoms with van der Waals surface area (Å²) in [5, 5.41) is 0. The zero-order chi connectivity index (χ0) is 16.8. The minimum atomic E-state index is -0.815. The molecule has 0 atom stereocenters. The van der Waals surface area contributed by atoms with E-state index in [0.29, 0.717) is 0 Å². The Kier molecular flexibility index (Phi) is 5.47. The van der Waals surface area contributed by atoms with E-state index >= 15 is 0 Å². The Labute approximate surface area is 137 Å². The molecule has 0 fully saturated rings. The lowest BCUT2D eigenvalue weighted by Gasteiger charge is -2.08. The van der Waals surface area contributed by atoms with Gasteiger partial charge in [0.2, 0.25) is 0 Å². The first-order valence-electron chi connectivity index (χ1n) is 6.22. The van der Waals surface area contributed by atoms with Crippen LogP contribution in [-0.2, 0) is 9.53 Å². The van der Waals surface area contributed by atoms with Crippen molar-refractivity contribution in [2.45, 2.75) is 0 Å². The van der Waals surface area contributed by atoms with Gasteiger partial charge in [0.05, 0.1) is 11.8 Å². The fraction of sp³-hybridized carbons (Fsp3) is 0.0714. The van der Waals surface area contributed by atoms with Crippen LogP contribution in [0.5, 0.6) is 0 Å². The van der Waals surface area contributed by atoms with Crippen molar-refractivity contribution in [1.29, 1.82) is 0 Å². The van der Waals surface area contributed by atoms with E-state index in [0.717, 1.165) is 12.1 Å². The third-order valence-corrected chi connectivity index (χ3v) is 3.20. The molecule has 120 valence electrons.